The highest BCUT2D eigenvalue weighted by Gasteiger charge is 2.51. The third-order valence-electron chi connectivity index (χ3n) is 4.82. The van der Waals surface area contributed by atoms with Gasteiger partial charge < -0.3 is 10.4 Å². The van der Waals surface area contributed by atoms with Crippen molar-refractivity contribution >= 4 is 38.6 Å². The Labute approximate surface area is 137 Å². The van der Waals surface area contributed by atoms with Crippen LogP contribution in [0.2, 0.25) is 0 Å². The molecule has 2 bridgehead atoms. The molecule has 4 rings (SSSR count). The quantitative estimate of drug-likeness (QED) is 0.849. The number of carboxylic acid groups (broad SMARTS) is 1. The number of aryl methyl sites for hydroxylation is 1. The second-order valence-electron chi connectivity index (χ2n) is 6.32. The van der Waals surface area contributed by atoms with Crippen LogP contribution in [0, 0.1) is 30.6 Å². The van der Waals surface area contributed by atoms with Crippen LogP contribution in [-0.2, 0) is 9.59 Å². The fourth-order valence-electron chi connectivity index (χ4n) is 3.79. The predicted molar refractivity (Wildman–Crippen MR) is 88.3 cm³/mol. The predicted octanol–water partition coefficient (Wildman–Crippen LogP) is 3.07. The molecule has 4 atom stereocenters. The number of thiazole rings is 1. The lowest BCUT2D eigenvalue weighted by atomic mass is 9.82. The molecule has 1 saturated carbocycles. The lowest BCUT2D eigenvalue weighted by molar-refractivity contribution is -0.146. The van der Waals surface area contributed by atoms with Gasteiger partial charge in [-0.2, -0.15) is 0 Å². The molecule has 2 aliphatic rings. The second kappa shape index (κ2) is 5.16. The van der Waals surface area contributed by atoms with Gasteiger partial charge in [-0.1, -0.05) is 29.6 Å². The van der Waals surface area contributed by atoms with E-state index in [9.17, 15) is 14.7 Å². The molecule has 0 aliphatic heterocycles. The Bertz CT molecular complexity index is 841. The molecule has 0 saturated heterocycles. The summed E-state index contributed by atoms with van der Waals surface area (Å²) >= 11 is 1.42. The molecule has 5 nitrogen and oxygen atoms in total. The molecule has 1 amide bonds. The normalized spacial score (nSPS) is 28.4. The third-order valence-corrected chi connectivity index (χ3v) is 5.75. The minimum absolute atomic E-state index is 0.0220. The molecule has 0 radical (unpaired) electrons. The van der Waals surface area contributed by atoms with E-state index >= 15 is 0 Å². The van der Waals surface area contributed by atoms with Crippen molar-refractivity contribution in [1.29, 1.82) is 0 Å². The van der Waals surface area contributed by atoms with E-state index in [4.69, 9.17) is 0 Å². The Morgan fingerprint density at radius 2 is 2.00 bits per heavy atom. The van der Waals surface area contributed by atoms with Crippen LogP contribution in [0.4, 0.5) is 5.13 Å². The van der Waals surface area contributed by atoms with E-state index in [-0.39, 0.29) is 17.7 Å². The number of rotatable bonds is 3. The van der Waals surface area contributed by atoms with Crippen LogP contribution in [-0.4, -0.2) is 22.0 Å². The molecule has 2 N–H and O–H groups in total. The summed E-state index contributed by atoms with van der Waals surface area (Å²) < 4.78 is 1.02. The van der Waals surface area contributed by atoms with Crippen LogP contribution in [0.25, 0.3) is 10.2 Å². The van der Waals surface area contributed by atoms with Crippen molar-refractivity contribution in [2.24, 2.45) is 23.7 Å². The number of anilines is 1. The summed E-state index contributed by atoms with van der Waals surface area (Å²) in [6.45, 7) is 2.01. The Balaban J connectivity index is 1.59. The molecular formula is C17H16N2O3S. The zero-order valence-electron chi connectivity index (χ0n) is 12.5. The van der Waals surface area contributed by atoms with Crippen LogP contribution in [0.1, 0.15) is 12.0 Å². The first kappa shape index (κ1) is 14.4. The Morgan fingerprint density at radius 3 is 2.74 bits per heavy atom. The maximum Gasteiger partial charge on any atom is 0.307 e. The zero-order valence-corrected chi connectivity index (χ0v) is 13.3. The lowest BCUT2D eigenvalue weighted by Crippen LogP contribution is -2.36. The minimum Gasteiger partial charge on any atom is -0.481 e. The smallest absolute Gasteiger partial charge is 0.307 e. The van der Waals surface area contributed by atoms with Gasteiger partial charge in [0, 0.05) is 0 Å². The number of carbonyl (C=O) groups is 2. The summed E-state index contributed by atoms with van der Waals surface area (Å²) in [6.07, 6.45) is 4.68. The van der Waals surface area contributed by atoms with E-state index in [1.54, 1.807) is 0 Å². The van der Waals surface area contributed by atoms with Crippen molar-refractivity contribution in [2.45, 2.75) is 13.3 Å². The van der Waals surface area contributed by atoms with Crippen molar-refractivity contribution in [1.82, 2.24) is 4.98 Å². The zero-order chi connectivity index (χ0) is 16.1. The standard InChI is InChI=1S/C17H16N2O3S/c1-8-2-5-11-12(6-8)23-17(18-11)19-15(20)13-9-3-4-10(7-9)14(13)16(21)22/h2-6,9-10,13-14H,7H2,1H3,(H,21,22)(H,18,19,20)/t9?,10?,13-,14+/m1/s1. The van der Waals surface area contributed by atoms with Gasteiger partial charge in [0.1, 0.15) is 0 Å². The fraction of sp³-hybridized carbons (Fsp3) is 0.353. The van der Waals surface area contributed by atoms with Gasteiger partial charge in [0.15, 0.2) is 5.13 Å². The van der Waals surface area contributed by atoms with Gasteiger partial charge in [-0.3, -0.25) is 9.59 Å². The SMILES string of the molecule is Cc1ccc2nc(NC(=O)[C@@H]3C4C=CC(C4)[C@@H]3C(=O)O)sc2c1. The van der Waals surface area contributed by atoms with Crippen LogP contribution in [0.5, 0.6) is 0 Å². The number of nitrogens with zero attached hydrogens (tertiary/aromatic N) is 1. The van der Waals surface area contributed by atoms with Gasteiger partial charge in [-0.15, -0.1) is 0 Å². The average Bonchev–Trinajstić information content (AvgIpc) is 3.18. The fourth-order valence-corrected chi connectivity index (χ4v) is 4.76. The maximum absolute atomic E-state index is 12.6. The molecule has 1 aromatic heterocycles. The molecular weight excluding hydrogens is 312 g/mol. The topological polar surface area (TPSA) is 79.3 Å². The number of carboxylic acids is 1. The lowest BCUT2D eigenvalue weighted by Gasteiger charge is -2.23. The molecule has 1 fully saturated rings. The number of hydrogen-bond donors (Lipinski definition) is 2. The van der Waals surface area contributed by atoms with Gasteiger partial charge >= 0.3 is 5.97 Å². The number of amides is 1. The van der Waals surface area contributed by atoms with Crippen LogP contribution in [0.3, 0.4) is 0 Å². The largest absolute Gasteiger partial charge is 0.481 e. The molecule has 6 heteroatoms. The van der Waals surface area contributed by atoms with Crippen molar-refractivity contribution in [3.05, 3.63) is 35.9 Å². The van der Waals surface area contributed by atoms with Gasteiger partial charge in [-0.05, 0) is 42.9 Å². The molecule has 2 aromatic rings. The molecule has 23 heavy (non-hydrogen) atoms. The maximum atomic E-state index is 12.6. The first-order chi connectivity index (χ1) is 11.0. The van der Waals surface area contributed by atoms with Gasteiger partial charge in [0.05, 0.1) is 22.1 Å². The van der Waals surface area contributed by atoms with Gasteiger partial charge in [0.2, 0.25) is 5.91 Å². The summed E-state index contributed by atoms with van der Waals surface area (Å²) in [4.78, 5) is 28.6. The van der Waals surface area contributed by atoms with Gasteiger partial charge in [0.25, 0.3) is 0 Å². The van der Waals surface area contributed by atoms with E-state index in [1.807, 2.05) is 37.3 Å². The highest BCUT2D eigenvalue weighted by molar-refractivity contribution is 7.22. The summed E-state index contributed by atoms with van der Waals surface area (Å²) in [6, 6.07) is 5.94. The van der Waals surface area contributed by atoms with Crippen molar-refractivity contribution in [3.63, 3.8) is 0 Å². The van der Waals surface area contributed by atoms with Crippen LogP contribution in [0.15, 0.2) is 30.4 Å². The summed E-state index contributed by atoms with van der Waals surface area (Å²) in [5, 5.41) is 12.8. The molecule has 1 aromatic carbocycles. The van der Waals surface area contributed by atoms with Crippen molar-refractivity contribution < 1.29 is 14.7 Å². The number of carbonyl (C=O) groups excluding carboxylic acids is 1. The van der Waals surface area contributed by atoms with E-state index in [0.717, 1.165) is 22.2 Å². The molecule has 0 spiro atoms. The van der Waals surface area contributed by atoms with Crippen LogP contribution >= 0.6 is 11.3 Å². The number of benzene rings is 1. The van der Waals surface area contributed by atoms with Crippen molar-refractivity contribution in [3.8, 4) is 0 Å². The summed E-state index contributed by atoms with van der Waals surface area (Å²) in [5.41, 5.74) is 1.99. The van der Waals surface area contributed by atoms with E-state index in [0.29, 0.717) is 5.13 Å². The molecule has 1 heterocycles. The number of hydrogen-bond acceptors (Lipinski definition) is 4. The highest BCUT2D eigenvalue weighted by atomic mass is 32.1. The highest BCUT2D eigenvalue weighted by Crippen LogP contribution is 2.48. The molecule has 2 aliphatic carbocycles. The summed E-state index contributed by atoms with van der Waals surface area (Å²) in [5.74, 6) is -2.24. The number of fused-ring (bicyclic) bond motifs is 3. The second-order valence-corrected chi connectivity index (χ2v) is 7.35. The number of aromatic nitrogens is 1. The van der Waals surface area contributed by atoms with E-state index < -0.39 is 17.8 Å². The average molecular weight is 328 g/mol. The Morgan fingerprint density at radius 1 is 1.26 bits per heavy atom. The monoisotopic (exact) mass is 328 g/mol. The Hall–Kier alpha value is -2.21. The first-order valence-corrected chi connectivity index (χ1v) is 8.44. The van der Waals surface area contributed by atoms with Crippen LogP contribution < -0.4 is 5.32 Å². The third kappa shape index (κ3) is 2.34. The van der Waals surface area contributed by atoms with E-state index in [2.05, 4.69) is 10.3 Å². The van der Waals surface area contributed by atoms with Gasteiger partial charge in [-0.25, -0.2) is 4.98 Å². The number of nitrogens with one attached hydrogen (secondary N) is 1. The van der Waals surface area contributed by atoms with Crippen molar-refractivity contribution in [2.75, 3.05) is 5.32 Å². The minimum atomic E-state index is -0.887. The molecule has 118 valence electrons. The Kier molecular flexibility index (Phi) is 3.23. The first-order valence-electron chi connectivity index (χ1n) is 7.62. The number of allylic oxidation sites excluding steroid dienone is 2. The molecule has 2 unspecified atom stereocenters. The van der Waals surface area contributed by atoms with E-state index in [1.165, 1.54) is 11.3 Å². The summed E-state index contributed by atoms with van der Waals surface area (Å²) in [7, 11) is 0. The number of aliphatic carboxylic acids is 1.